The monoisotopic (exact) mass is 307 g/mol. The fraction of sp³-hybridized carbons (Fsp3) is 0.500. The fourth-order valence-corrected chi connectivity index (χ4v) is 2.64. The van der Waals surface area contributed by atoms with Crippen LogP contribution in [0, 0.1) is 0 Å². The molecule has 0 heterocycles. The highest BCUT2D eigenvalue weighted by Crippen LogP contribution is 2.35. The third-order valence-electron chi connectivity index (χ3n) is 3.90. The molecular weight excluding hydrogens is 286 g/mol. The average Bonchev–Trinajstić information content (AvgIpc) is 2.45. The maximum atomic E-state index is 12.4. The number of amides is 1. The number of carboxylic acids is 1. The van der Waals surface area contributed by atoms with E-state index in [0.717, 1.165) is 6.42 Å². The lowest BCUT2D eigenvalue weighted by atomic mass is 9.74. The molecule has 0 radical (unpaired) electrons. The molecule has 1 aliphatic carbocycles. The molecule has 1 aromatic carbocycles. The first-order valence-electron chi connectivity index (χ1n) is 7.35. The summed E-state index contributed by atoms with van der Waals surface area (Å²) in [5, 5.41) is 11.9. The van der Waals surface area contributed by atoms with E-state index in [1.165, 1.54) is 7.11 Å². The lowest BCUT2D eigenvalue weighted by Gasteiger charge is -2.41. The van der Waals surface area contributed by atoms with E-state index in [4.69, 9.17) is 14.6 Å². The first kappa shape index (κ1) is 16.1. The highest BCUT2D eigenvalue weighted by Gasteiger charge is 2.40. The smallest absolute Gasteiger partial charge is 0.305 e. The van der Waals surface area contributed by atoms with Gasteiger partial charge in [0.2, 0.25) is 0 Å². The fourth-order valence-electron chi connectivity index (χ4n) is 2.64. The van der Waals surface area contributed by atoms with Crippen molar-refractivity contribution in [3.63, 3.8) is 0 Å². The maximum absolute atomic E-state index is 12.4. The molecule has 0 saturated heterocycles. The number of hydrogen-bond donors (Lipinski definition) is 2. The van der Waals surface area contributed by atoms with E-state index in [-0.39, 0.29) is 12.3 Å². The van der Waals surface area contributed by atoms with Crippen molar-refractivity contribution in [2.24, 2.45) is 0 Å². The number of aliphatic carboxylic acids is 1. The number of carbonyl (C=O) groups is 2. The molecule has 120 valence electrons. The van der Waals surface area contributed by atoms with Gasteiger partial charge in [-0.3, -0.25) is 9.59 Å². The van der Waals surface area contributed by atoms with Gasteiger partial charge in [-0.05, 0) is 44.4 Å². The third-order valence-corrected chi connectivity index (χ3v) is 3.90. The molecule has 1 amide bonds. The summed E-state index contributed by atoms with van der Waals surface area (Å²) in [5.74, 6) is -0.132. The van der Waals surface area contributed by atoms with Gasteiger partial charge in [-0.25, -0.2) is 0 Å². The molecule has 2 N–H and O–H groups in total. The molecule has 0 atom stereocenters. The largest absolute Gasteiger partial charge is 0.493 e. The van der Waals surface area contributed by atoms with E-state index in [9.17, 15) is 9.59 Å². The molecule has 6 heteroatoms. The SMILES string of the molecule is CCOc1ccc(C(=O)NC2(CC(=O)O)CCC2)cc1OC. The van der Waals surface area contributed by atoms with Crippen molar-refractivity contribution in [1.29, 1.82) is 0 Å². The zero-order valence-electron chi connectivity index (χ0n) is 12.8. The van der Waals surface area contributed by atoms with Crippen LogP contribution in [-0.4, -0.2) is 36.2 Å². The highest BCUT2D eigenvalue weighted by atomic mass is 16.5. The zero-order valence-corrected chi connectivity index (χ0v) is 12.8. The van der Waals surface area contributed by atoms with E-state index in [1.54, 1.807) is 18.2 Å². The van der Waals surface area contributed by atoms with Gasteiger partial charge in [0.25, 0.3) is 5.91 Å². The molecule has 1 aliphatic rings. The molecular formula is C16H21NO5. The Hall–Kier alpha value is -2.24. The number of rotatable bonds is 7. The summed E-state index contributed by atoms with van der Waals surface area (Å²) in [4.78, 5) is 23.3. The van der Waals surface area contributed by atoms with E-state index in [2.05, 4.69) is 5.32 Å². The number of ether oxygens (including phenoxy) is 2. The van der Waals surface area contributed by atoms with Crippen LogP contribution in [0.3, 0.4) is 0 Å². The van der Waals surface area contributed by atoms with Gasteiger partial charge < -0.3 is 19.9 Å². The predicted octanol–water partition coefficient (Wildman–Crippen LogP) is 2.22. The van der Waals surface area contributed by atoms with Gasteiger partial charge in [0.05, 0.1) is 25.7 Å². The van der Waals surface area contributed by atoms with E-state index >= 15 is 0 Å². The number of hydrogen-bond acceptors (Lipinski definition) is 4. The van der Waals surface area contributed by atoms with E-state index < -0.39 is 11.5 Å². The van der Waals surface area contributed by atoms with Crippen LogP contribution in [0.15, 0.2) is 18.2 Å². The van der Waals surface area contributed by atoms with E-state index in [1.807, 2.05) is 6.92 Å². The molecule has 6 nitrogen and oxygen atoms in total. The summed E-state index contributed by atoms with van der Waals surface area (Å²) >= 11 is 0. The Balaban J connectivity index is 2.13. The molecule has 1 saturated carbocycles. The van der Waals surface area contributed by atoms with Crippen molar-refractivity contribution in [2.75, 3.05) is 13.7 Å². The van der Waals surface area contributed by atoms with Gasteiger partial charge in [-0.15, -0.1) is 0 Å². The van der Waals surface area contributed by atoms with Crippen LogP contribution in [-0.2, 0) is 4.79 Å². The quantitative estimate of drug-likeness (QED) is 0.807. The van der Waals surface area contributed by atoms with Crippen LogP contribution in [0.25, 0.3) is 0 Å². The van der Waals surface area contributed by atoms with Crippen molar-refractivity contribution in [1.82, 2.24) is 5.32 Å². The van der Waals surface area contributed by atoms with Crippen molar-refractivity contribution >= 4 is 11.9 Å². The Morgan fingerprint density at radius 1 is 1.32 bits per heavy atom. The molecule has 0 spiro atoms. The Morgan fingerprint density at radius 2 is 2.05 bits per heavy atom. The number of nitrogens with one attached hydrogen (secondary N) is 1. The standard InChI is InChI=1S/C16H21NO5/c1-3-22-12-6-5-11(9-13(12)21-2)15(20)17-16(7-4-8-16)10-14(18)19/h5-6,9H,3-4,7-8,10H2,1-2H3,(H,17,20)(H,18,19). The Labute approximate surface area is 129 Å². The minimum absolute atomic E-state index is 0.0487. The topological polar surface area (TPSA) is 84.9 Å². The summed E-state index contributed by atoms with van der Waals surface area (Å²) in [6.45, 7) is 2.37. The van der Waals surface area contributed by atoms with Gasteiger partial charge in [-0.1, -0.05) is 0 Å². The van der Waals surface area contributed by atoms with Crippen molar-refractivity contribution in [2.45, 2.75) is 38.1 Å². The second kappa shape index (κ2) is 6.68. The number of carboxylic acid groups (broad SMARTS) is 1. The molecule has 1 aromatic rings. The third kappa shape index (κ3) is 3.50. The molecule has 2 rings (SSSR count). The summed E-state index contributed by atoms with van der Waals surface area (Å²) in [6.07, 6.45) is 2.27. The van der Waals surface area contributed by atoms with Gasteiger partial charge >= 0.3 is 5.97 Å². The lowest BCUT2D eigenvalue weighted by molar-refractivity contribution is -0.139. The molecule has 1 fully saturated rings. The number of carbonyl (C=O) groups excluding carboxylic acids is 1. The minimum Gasteiger partial charge on any atom is -0.493 e. The van der Waals surface area contributed by atoms with Crippen LogP contribution in [0.5, 0.6) is 11.5 Å². The molecule has 0 aromatic heterocycles. The Morgan fingerprint density at radius 3 is 2.55 bits per heavy atom. The maximum Gasteiger partial charge on any atom is 0.305 e. The Kier molecular flexibility index (Phi) is 4.90. The first-order valence-corrected chi connectivity index (χ1v) is 7.35. The number of methoxy groups -OCH3 is 1. The summed E-state index contributed by atoms with van der Waals surface area (Å²) in [6, 6.07) is 4.94. The second-order valence-corrected chi connectivity index (χ2v) is 5.46. The Bertz CT molecular complexity index is 566. The van der Waals surface area contributed by atoms with Crippen LogP contribution in [0.4, 0.5) is 0 Å². The molecule has 0 bridgehead atoms. The summed E-state index contributed by atoms with van der Waals surface area (Å²) in [5.41, 5.74) is -0.189. The van der Waals surface area contributed by atoms with Gasteiger partial charge in [0.15, 0.2) is 11.5 Å². The first-order chi connectivity index (χ1) is 10.5. The second-order valence-electron chi connectivity index (χ2n) is 5.46. The van der Waals surface area contributed by atoms with Crippen molar-refractivity contribution in [3.05, 3.63) is 23.8 Å². The summed E-state index contributed by atoms with van der Waals surface area (Å²) < 4.78 is 10.6. The van der Waals surface area contributed by atoms with Crippen molar-refractivity contribution < 1.29 is 24.2 Å². The van der Waals surface area contributed by atoms with E-state index in [0.29, 0.717) is 36.5 Å². The molecule has 0 aliphatic heterocycles. The normalized spacial score (nSPS) is 15.5. The van der Waals surface area contributed by atoms with Crippen molar-refractivity contribution in [3.8, 4) is 11.5 Å². The van der Waals surface area contributed by atoms with Gasteiger partial charge in [-0.2, -0.15) is 0 Å². The van der Waals surface area contributed by atoms with Gasteiger partial charge in [0, 0.05) is 5.56 Å². The van der Waals surface area contributed by atoms with Gasteiger partial charge in [0.1, 0.15) is 0 Å². The zero-order chi connectivity index (χ0) is 16.2. The van der Waals surface area contributed by atoms with Crippen LogP contribution >= 0.6 is 0 Å². The molecule has 0 unspecified atom stereocenters. The highest BCUT2D eigenvalue weighted by molar-refractivity contribution is 5.95. The van der Waals surface area contributed by atoms with Crippen LogP contribution < -0.4 is 14.8 Å². The predicted molar refractivity (Wildman–Crippen MR) is 80.5 cm³/mol. The average molecular weight is 307 g/mol. The van der Waals surface area contributed by atoms with Crippen LogP contribution in [0.1, 0.15) is 43.0 Å². The molecule has 22 heavy (non-hydrogen) atoms. The summed E-state index contributed by atoms with van der Waals surface area (Å²) in [7, 11) is 1.51. The van der Waals surface area contributed by atoms with Crippen LogP contribution in [0.2, 0.25) is 0 Å². The minimum atomic E-state index is -0.899. The lowest BCUT2D eigenvalue weighted by Crippen LogP contribution is -2.54. The number of benzene rings is 1.